The van der Waals surface area contributed by atoms with Gasteiger partial charge < -0.3 is 15.3 Å². The highest BCUT2D eigenvalue weighted by molar-refractivity contribution is 6.04. The molecule has 0 radical (unpaired) electrons. The molecular weight excluding hydrogens is 300 g/mol. The molecule has 0 saturated carbocycles. The molecule has 4 amide bonds. The number of nitrogens with one attached hydrogen (secondary N) is 1. The average Bonchev–Trinajstić information content (AvgIpc) is 2.79. The Bertz CT molecular complexity index is 464. The van der Waals surface area contributed by atoms with Gasteiger partial charge in [-0.1, -0.05) is 20.8 Å². The quantitative estimate of drug-likeness (QED) is 0.653. The molecule has 2 heterocycles. The van der Waals surface area contributed by atoms with E-state index >= 15 is 0 Å². The summed E-state index contributed by atoms with van der Waals surface area (Å²) in [6.45, 7) is 8.77. The van der Waals surface area contributed by atoms with Gasteiger partial charge in [0.2, 0.25) is 5.91 Å². The predicted octanol–water partition coefficient (Wildman–Crippen LogP) is -0.911. The molecule has 1 unspecified atom stereocenters. The van der Waals surface area contributed by atoms with Crippen molar-refractivity contribution in [2.75, 3.05) is 45.8 Å². The fraction of sp³-hybridized carbons (Fsp3) is 0.800. The molecule has 0 aromatic heterocycles. The lowest BCUT2D eigenvalue weighted by molar-refractivity contribution is -0.138. The smallest absolute Gasteiger partial charge is 0.325 e. The van der Waals surface area contributed by atoms with Crippen LogP contribution in [-0.2, 0) is 9.59 Å². The largest absolute Gasteiger partial charge is 0.391 e. The van der Waals surface area contributed by atoms with Crippen molar-refractivity contribution in [2.45, 2.75) is 26.9 Å². The van der Waals surface area contributed by atoms with E-state index < -0.39 is 12.1 Å². The van der Waals surface area contributed by atoms with Gasteiger partial charge in [-0.2, -0.15) is 0 Å². The number of amides is 4. The lowest BCUT2D eigenvalue weighted by Crippen LogP contribution is -2.53. The van der Waals surface area contributed by atoms with E-state index in [4.69, 9.17) is 0 Å². The second kappa shape index (κ2) is 6.84. The molecule has 1 atom stereocenters. The van der Waals surface area contributed by atoms with Gasteiger partial charge in [0.25, 0.3) is 5.91 Å². The third kappa shape index (κ3) is 4.42. The molecule has 0 aliphatic carbocycles. The highest BCUT2D eigenvalue weighted by atomic mass is 16.3. The van der Waals surface area contributed by atoms with Crippen LogP contribution in [0.4, 0.5) is 4.79 Å². The molecule has 2 aliphatic heterocycles. The molecule has 2 fully saturated rings. The van der Waals surface area contributed by atoms with Crippen molar-refractivity contribution in [3.8, 4) is 0 Å². The van der Waals surface area contributed by atoms with Crippen LogP contribution in [0.1, 0.15) is 20.8 Å². The molecule has 0 spiro atoms. The van der Waals surface area contributed by atoms with Crippen LogP contribution in [-0.4, -0.2) is 89.6 Å². The molecule has 130 valence electrons. The van der Waals surface area contributed by atoms with E-state index in [1.54, 1.807) is 4.90 Å². The Labute approximate surface area is 136 Å². The first-order chi connectivity index (χ1) is 10.7. The van der Waals surface area contributed by atoms with Crippen molar-refractivity contribution in [3.05, 3.63) is 0 Å². The van der Waals surface area contributed by atoms with Gasteiger partial charge in [0.1, 0.15) is 6.54 Å². The Morgan fingerprint density at radius 1 is 1.22 bits per heavy atom. The van der Waals surface area contributed by atoms with Gasteiger partial charge in [-0.25, -0.2) is 4.79 Å². The third-order valence-corrected chi connectivity index (χ3v) is 4.39. The Morgan fingerprint density at radius 3 is 2.30 bits per heavy atom. The fourth-order valence-corrected chi connectivity index (χ4v) is 2.55. The van der Waals surface area contributed by atoms with Gasteiger partial charge in [-0.05, 0) is 5.41 Å². The van der Waals surface area contributed by atoms with Gasteiger partial charge in [0.15, 0.2) is 0 Å². The first kappa shape index (κ1) is 17.7. The minimum atomic E-state index is -0.504. The van der Waals surface area contributed by atoms with Crippen LogP contribution in [0.5, 0.6) is 0 Å². The molecule has 8 heteroatoms. The lowest BCUT2D eigenvalue weighted by atomic mass is 9.89. The Kier molecular flexibility index (Phi) is 5.26. The number of hydrogen-bond donors (Lipinski definition) is 2. The monoisotopic (exact) mass is 326 g/mol. The Balaban J connectivity index is 1.79. The minimum Gasteiger partial charge on any atom is -0.391 e. The number of β-amino-alcohol motifs (C(OH)–C–C–N with tert-alkyl or cyclic N) is 1. The summed E-state index contributed by atoms with van der Waals surface area (Å²) in [7, 11) is 0. The van der Waals surface area contributed by atoms with Crippen LogP contribution in [0, 0.1) is 5.41 Å². The Hall–Kier alpha value is -1.67. The topological polar surface area (TPSA) is 93.2 Å². The number of urea groups is 1. The van der Waals surface area contributed by atoms with Crippen molar-refractivity contribution in [1.82, 2.24) is 20.0 Å². The molecule has 0 aromatic carbocycles. The number of piperazine rings is 1. The molecule has 2 saturated heterocycles. The van der Waals surface area contributed by atoms with Crippen LogP contribution in [0.2, 0.25) is 0 Å². The number of nitrogens with zero attached hydrogens (tertiary/aromatic N) is 3. The SMILES string of the molecule is CC(C)(C)C(O)CN1CCN(C(=O)CN2C(=O)CNC2=O)CC1. The summed E-state index contributed by atoms with van der Waals surface area (Å²) in [6.07, 6.45) is -0.421. The van der Waals surface area contributed by atoms with Crippen molar-refractivity contribution in [2.24, 2.45) is 5.41 Å². The van der Waals surface area contributed by atoms with E-state index in [9.17, 15) is 19.5 Å². The normalized spacial score (nSPS) is 21.6. The number of aliphatic hydroxyl groups excluding tert-OH is 1. The maximum Gasteiger partial charge on any atom is 0.325 e. The standard InChI is InChI=1S/C15H26N4O4/c1-15(2,3)11(20)9-17-4-6-18(7-5-17)13(22)10-19-12(21)8-16-14(19)23/h11,20H,4-10H2,1-3H3,(H,16,23). The molecule has 8 nitrogen and oxygen atoms in total. The maximum absolute atomic E-state index is 12.2. The summed E-state index contributed by atoms with van der Waals surface area (Å²) in [5.74, 6) is -0.582. The van der Waals surface area contributed by atoms with Gasteiger partial charge in [0, 0.05) is 32.7 Å². The number of hydrogen-bond acceptors (Lipinski definition) is 5. The predicted molar refractivity (Wildman–Crippen MR) is 83.6 cm³/mol. The number of carbonyl (C=O) groups is 3. The average molecular weight is 326 g/mol. The number of carbonyl (C=O) groups excluding carboxylic acids is 3. The third-order valence-electron chi connectivity index (χ3n) is 4.39. The molecule has 0 bridgehead atoms. The lowest BCUT2D eigenvalue weighted by Gasteiger charge is -2.38. The summed E-state index contributed by atoms with van der Waals surface area (Å²) in [5.41, 5.74) is -0.170. The summed E-state index contributed by atoms with van der Waals surface area (Å²) in [6, 6.07) is -0.504. The van der Waals surface area contributed by atoms with E-state index in [0.29, 0.717) is 32.7 Å². The van der Waals surface area contributed by atoms with Crippen molar-refractivity contribution in [1.29, 1.82) is 0 Å². The van der Waals surface area contributed by atoms with E-state index in [2.05, 4.69) is 10.2 Å². The second-order valence-electron chi connectivity index (χ2n) is 7.20. The number of aliphatic hydroxyl groups is 1. The molecular formula is C15H26N4O4. The van der Waals surface area contributed by atoms with Gasteiger partial charge in [-0.15, -0.1) is 0 Å². The first-order valence-corrected chi connectivity index (χ1v) is 7.95. The highest BCUT2D eigenvalue weighted by Crippen LogP contribution is 2.20. The molecule has 0 aromatic rings. The van der Waals surface area contributed by atoms with E-state index in [1.807, 2.05) is 20.8 Å². The van der Waals surface area contributed by atoms with Crippen molar-refractivity contribution in [3.63, 3.8) is 0 Å². The van der Waals surface area contributed by atoms with E-state index in [-0.39, 0.29) is 30.3 Å². The van der Waals surface area contributed by atoms with Crippen LogP contribution in [0.3, 0.4) is 0 Å². The van der Waals surface area contributed by atoms with Crippen LogP contribution >= 0.6 is 0 Å². The summed E-state index contributed by atoms with van der Waals surface area (Å²) >= 11 is 0. The fourth-order valence-electron chi connectivity index (χ4n) is 2.55. The highest BCUT2D eigenvalue weighted by Gasteiger charge is 2.33. The van der Waals surface area contributed by atoms with Crippen molar-refractivity contribution >= 4 is 17.8 Å². The van der Waals surface area contributed by atoms with Gasteiger partial charge in [-0.3, -0.25) is 19.4 Å². The van der Waals surface area contributed by atoms with Gasteiger partial charge in [0.05, 0.1) is 12.6 Å². The van der Waals surface area contributed by atoms with Gasteiger partial charge >= 0.3 is 6.03 Å². The summed E-state index contributed by atoms with van der Waals surface area (Å²) in [4.78, 5) is 39.9. The van der Waals surface area contributed by atoms with Crippen molar-refractivity contribution < 1.29 is 19.5 Å². The van der Waals surface area contributed by atoms with Crippen LogP contribution < -0.4 is 5.32 Å². The molecule has 2 aliphatic rings. The Morgan fingerprint density at radius 2 is 1.83 bits per heavy atom. The minimum absolute atomic E-state index is 0.0371. The van der Waals surface area contributed by atoms with Crippen LogP contribution in [0.15, 0.2) is 0 Å². The van der Waals surface area contributed by atoms with Crippen LogP contribution in [0.25, 0.3) is 0 Å². The molecule has 2 rings (SSSR count). The van der Waals surface area contributed by atoms with E-state index in [1.165, 1.54) is 0 Å². The molecule has 23 heavy (non-hydrogen) atoms. The zero-order valence-electron chi connectivity index (χ0n) is 14.0. The van der Waals surface area contributed by atoms with E-state index in [0.717, 1.165) is 4.90 Å². The number of rotatable bonds is 4. The second-order valence-corrected chi connectivity index (χ2v) is 7.20. The zero-order valence-corrected chi connectivity index (χ0v) is 14.0. The number of imide groups is 1. The summed E-state index contributed by atoms with van der Waals surface area (Å²) < 4.78 is 0. The molecule has 2 N–H and O–H groups in total. The first-order valence-electron chi connectivity index (χ1n) is 7.95. The maximum atomic E-state index is 12.2. The zero-order chi connectivity index (χ0) is 17.2. The summed E-state index contributed by atoms with van der Waals surface area (Å²) in [5, 5.41) is 12.6.